The first-order chi connectivity index (χ1) is 17.2. The van der Waals surface area contributed by atoms with Crippen LogP contribution in [-0.2, 0) is 29.7 Å². The molecule has 0 aromatic carbocycles. The Morgan fingerprint density at radius 1 is 1.24 bits per heavy atom. The van der Waals surface area contributed by atoms with Gasteiger partial charge in [0.2, 0.25) is 0 Å². The number of hydrogen-bond acceptors (Lipinski definition) is 7. The van der Waals surface area contributed by atoms with E-state index in [0.717, 1.165) is 11.3 Å². The second kappa shape index (κ2) is 9.14. The highest BCUT2D eigenvalue weighted by atomic mass is 16.5. The van der Waals surface area contributed by atoms with Gasteiger partial charge in [0.25, 0.3) is 5.91 Å². The Hall–Kier alpha value is -4.00. The van der Waals surface area contributed by atoms with Crippen LogP contribution < -0.4 is 5.32 Å². The molecule has 10 nitrogen and oxygen atoms in total. The van der Waals surface area contributed by atoms with E-state index in [9.17, 15) is 14.9 Å². The van der Waals surface area contributed by atoms with Gasteiger partial charge < -0.3 is 10.1 Å². The minimum absolute atomic E-state index is 0.0591. The molecule has 0 aliphatic heterocycles. The van der Waals surface area contributed by atoms with Gasteiger partial charge in [-0.2, -0.15) is 10.4 Å². The van der Waals surface area contributed by atoms with Gasteiger partial charge in [-0.25, -0.2) is 9.97 Å². The fourth-order valence-corrected chi connectivity index (χ4v) is 4.20. The molecule has 0 radical (unpaired) electrons. The number of nitrogens with zero attached hydrogens (tertiary/aromatic N) is 6. The van der Waals surface area contributed by atoms with Crippen molar-refractivity contribution in [3.63, 3.8) is 0 Å². The van der Waals surface area contributed by atoms with Gasteiger partial charge in [-0.3, -0.25) is 18.8 Å². The summed E-state index contributed by atoms with van der Waals surface area (Å²) in [7, 11) is 1.83. The Bertz CT molecular complexity index is 1470. The van der Waals surface area contributed by atoms with Crippen LogP contribution in [0.25, 0.3) is 28.6 Å². The van der Waals surface area contributed by atoms with Gasteiger partial charge in [0.05, 0.1) is 28.9 Å². The number of rotatable bonds is 4. The minimum Gasteiger partial charge on any atom is -0.443 e. The van der Waals surface area contributed by atoms with Crippen molar-refractivity contribution < 1.29 is 14.3 Å². The summed E-state index contributed by atoms with van der Waals surface area (Å²) in [6.45, 7) is 12.9. The van der Waals surface area contributed by atoms with Crippen LogP contribution >= 0.6 is 0 Å². The summed E-state index contributed by atoms with van der Waals surface area (Å²) in [6, 6.07) is 2.27. The maximum absolute atomic E-state index is 13.2. The molecule has 4 rings (SSSR count). The number of carbonyl (C=O) groups is 2. The lowest BCUT2D eigenvalue weighted by Gasteiger charge is -2.20. The van der Waals surface area contributed by atoms with Gasteiger partial charge in [0.1, 0.15) is 16.9 Å². The highest BCUT2D eigenvalue weighted by Crippen LogP contribution is 2.34. The lowest BCUT2D eigenvalue weighted by atomic mass is 9.87. The van der Waals surface area contributed by atoms with Crippen LogP contribution in [0, 0.1) is 22.7 Å². The summed E-state index contributed by atoms with van der Waals surface area (Å²) in [5.74, 6) is -0.606. The first-order valence-corrected chi connectivity index (χ1v) is 12.2. The largest absolute Gasteiger partial charge is 0.443 e. The van der Waals surface area contributed by atoms with E-state index in [4.69, 9.17) is 9.72 Å². The standard InChI is InChI=1S/C27H33N7O3/c1-15-9-17-20(10-16(15)11-28)33(8)32-21(17)19-12-29-23-22(30-19)18(24(35)31-27(5,6)7)13-34(23)14-37-25(36)26(2,3)4/h10,12-13,15H,9,14H2,1-8H3,(H,31,35). The lowest BCUT2D eigenvalue weighted by molar-refractivity contribution is -0.156. The van der Waals surface area contributed by atoms with Gasteiger partial charge in [0, 0.05) is 29.9 Å². The van der Waals surface area contributed by atoms with E-state index in [0.29, 0.717) is 40.1 Å². The Labute approximate surface area is 216 Å². The number of carbonyl (C=O) groups excluding carboxylic acids is 2. The first kappa shape index (κ1) is 26.1. The average Bonchev–Trinajstić information content (AvgIpc) is 3.32. The van der Waals surface area contributed by atoms with Gasteiger partial charge >= 0.3 is 5.97 Å². The molecular formula is C27H33N7O3. The van der Waals surface area contributed by atoms with E-state index < -0.39 is 11.0 Å². The molecule has 1 amide bonds. The second-order valence-electron chi connectivity index (χ2n) is 11.6. The predicted octanol–water partition coefficient (Wildman–Crippen LogP) is 4.01. The number of aryl methyl sites for hydroxylation is 1. The third-order valence-electron chi connectivity index (χ3n) is 6.14. The molecule has 3 heterocycles. The van der Waals surface area contributed by atoms with Crippen LogP contribution in [0.1, 0.15) is 70.1 Å². The molecule has 194 valence electrons. The summed E-state index contributed by atoms with van der Waals surface area (Å²) in [5, 5.41) is 17.1. The van der Waals surface area contributed by atoms with Gasteiger partial charge in [0.15, 0.2) is 12.4 Å². The number of ether oxygens (including phenoxy) is 1. The maximum atomic E-state index is 13.2. The molecule has 0 bridgehead atoms. The van der Waals surface area contributed by atoms with Gasteiger partial charge in [-0.15, -0.1) is 0 Å². The first-order valence-electron chi connectivity index (χ1n) is 12.2. The van der Waals surface area contributed by atoms with Crippen molar-refractivity contribution in [2.75, 3.05) is 0 Å². The molecular weight excluding hydrogens is 470 g/mol. The van der Waals surface area contributed by atoms with E-state index in [-0.39, 0.29) is 24.5 Å². The van der Waals surface area contributed by atoms with Crippen molar-refractivity contribution >= 4 is 29.1 Å². The summed E-state index contributed by atoms with van der Waals surface area (Å²) in [5.41, 5.74) is 3.78. The van der Waals surface area contributed by atoms with Crippen molar-refractivity contribution in [1.82, 2.24) is 29.6 Å². The number of fused-ring (bicyclic) bond motifs is 2. The van der Waals surface area contributed by atoms with Crippen molar-refractivity contribution in [1.29, 1.82) is 5.26 Å². The lowest BCUT2D eigenvalue weighted by Crippen LogP contribution is -2.40. The number of allylic oxidation sites excluding steroid dienone is 1. The fourth-order valence-electron chi connectivity index (χ4n) is 4.20. The second-order valence-corrected chi connectivity index (χ2v) is 11.6. The molecule has 0 spiro atoms. The molecule has 1 aliphatic rings. The third-order valence-corrected chi connectivity index (χ3v) is 6.14. The molecule has 37 heavy (non-hydrogen) atoms. The topological polar surface area (TPSA) is 128 Å². The van der Waals surface area contributed by atoms with Crippen molar-refractivity contribution in [2.24, 2.45) is 18.4 Å². The number of amides is 1. The smallest absolute Gasteiger partial charge is 0.312 e. The van der Waals surface area contributed by atoms with Crippen LogP contribution in [-0.4, -0.2) is 41.7 Å². The molecule has 0 fully saturated rings. The molecule has 1 unspecified atom stereocenters. The average molecular weight is 504 g/mol. The Morgan fingerprint density at radius 3 is 2.57 bits per heavy atom. The SMILES string of the molecule is CC1Cc2c(-c3cnc4c(n3)c(C(=O)NC(C)(C)C)cn4COC(=O)C(C)(C)C)nn(C)c2C=C1C#N. The Balaban J connectivity index is 1.82. The number of nitriles is 1. The Kier molecular flexibility index (Phi) is 6.44. The summed E-state index contributed by atoms with van der Waals surface area (Å²) >= 11 is 0. The minimum atomic E-state index is -0.663. The Morgan fingerprint density at radius 2 is 1.95 bits per heavy atom. The van der Waals surface area contributed by atoms with Crippen LogP contribution in [0.4, 0.5) is 0 Å². The molecule has 0 saturated carbocycles. The monoisotopic (exact) mass is 503 g/mol. The van der Waals surface area contributed by atoms with E-state index in [1.807, 2.05) is 40.8 Å². The normalized spacial score (nSPS) is 15.6. The van der Waals surface area contributed by atoms with Crippen LogP contribution in [0.3, 0.4) is 0 Å². The third kappa shape index (κ3) is 5.12. The summed E-state index contributed by atoms with van der Waals surface area (Å²) in [6.07, 6.45) is 5.75. The van der Waals surface area contributed by atoms with Gasteiger partial charge in [-0.05, 0) is 60.0 Å². The van der Waals surface area contributed by atoms with E-state index >= 15 is 0 Å². The molecule has 1 atom stereocenters. The zero-order valence-electron chi connectivity index (χ0n) is 22.6. The molecule has 0 saturated heterocycles. The summed E-state index contributed by atoms with van der Waals surface area (Å²) in [4.78, 5) is 35.0. The molecule has 10 heteroatoms. The zero-order valence-corrected chi connectivity index (χ0v) is 22.6. The summed E-state index contributed by atoms with van der Waals surface area (Å²) < 4.78 is 8.85. The number of aromatic nitrogens is 5. The predicted molar refractivity (Wildman–Crippen MR) is 139 cm³/mol. The molecule has 1 aliphatic carbocycles. The van der Waals surface area contributed by atoms with E-state index in [1.54, 1.807) is 42.4 Å². The number of esters is 1. The van der Waals surface area contributed by atoms with Crippen molar-refractivity contribution in [3.8, 4) is 17.5 Å². The number of hydrogen-bond donors (Lipinski definition) is 1. The van der Waals surface area contributed by atoms with Crippen LogP contribution in [0.2, 0.25) is 0 Å². The fraction of sp³-hybridized carbons (Fsp3) is 0.481. The highest BCUT2D eigenvalue weighted by Gasteiger charge is 2.28. The van der Waals surface area contributed by atoms with Crippen molar-refractivity contribution in [2.45, 2.75) is 67.2 Å². The zero-order chi connectivity index (χ0) is 27.3. The van der Waals surface area contributed by atoms with Gasteiger partial charge in [-0.1, -0.05) is 6.92 Å². The van der Waals surface area contributed by atoms with Crippen LogP contribution in [0.5, 0.6) is 0 Å². The number of nitrogens with one attached hydrogen (secondary N) is 1. The van der Waals surface area contributed by atoms with Crippen molar-refractivity contribution in [3.05, 3.63) is 34.8 Å². The van der Waals surface area contributed by atoms with E-state index in [2.05, 4.69) is 21.5 Å². The molecule has 3 aromatic rings. The highest BCUT2D eigenvalue weighted by molar-refractivity contribution is 6.05. The molecule has 1 N–H and O–H groups in total. The quantitative estimate of drug-likeness (QED) is 0.533. The van der Waals surface area contributed by atoms with Crippen LogP contribution in [0.15, 0.2) is 18.0 Å². The maximum Gasteiger partial charge on any atom is 0.312 e. The molecule has 3 aromatic heterocycles. The van der Waals surface area contributed by atoms with E-state index in [1.165, 1.54) is 0 Å².